The minimum atomic E-state index is -4.10. The van der Waals surface area contributed by atoms with Crippen molar-refractivity contribution in [2.75, 3.05) is 13.1 Å². The maximum atomic E-state index is 14.1. The van der Waals surface area contributed by atoms with Crippen LogP contribution < -0.4 is 0 Å². The Morgan fingerprint density at radius 2 is 1.77 bits per heavy atom. The molecule has 1 amide bonds. The van der Waals surface area contributed by atoms with Gasteiger partial charge in [-0.25, -0.2) is 12.8 Å². The molecule has 5 nitrogen and oxygen atoms in total. The fourth-order valence-electron chi connectivity index (χ4n) is 4.06. The van der Waals surface area contributed by atoms with Crippen molar-refractivity contribution in [3.8, 4) is 0 Å². The summed E-state index contributed by atoms with van der Waals surface area (Å²) in [4.78, 5) is 19.2. The van der Waals surface area contributed by atoms with Crippen LogP contribution in [0.4, 0.5) is 4.39 Å². The summed E-state index contributed by atoms with van der Waals surface area (Å²) >= 11 is 0. The van der Waals surface area contributed by atoms with Crippen LogP contribution in [0.15, 0.2) is 52.4 Å². The molecule has 156 valence electrons. The third-order valence-electron chi connectivity index (χ3n) is 5.54. The number of benzene rings is 2. The lowest BCUT2D eigenvalue weighted by Crippen LogP contribution is -2.36. The zero-order chi connectivity index (χ0) is 21.5. The SMILES string of the molecule is Cc1ccc(S(=O)(=O)c2c(C(=O)N3CCCCC3)cnc3ccc(F)cc23)c(C)c1. The predicted molar refractivity (Wildman–Crippen MR) is 113 cm³/mol. The van der Waals surface area contributed by atoms with Gasteiger partial charge in [0, 0.05) is 24.7 Å². The number of pyridine rings is 1. The Balaban J connectivity index is 2.00. The van der Waals surface area contributed by atoms with Crippen LogP contribution in [0, 0.1) is 19.7 Å². The number of aromatic nitrogens is 1. The van der Waals surface area contributed by atoms with Gasteiger partial charge in [-0.05, 0) is 62.9 Å². The third kappa shape index (κ3) is 3.58. The van der Waals surface area contributed by atoms with E-state index in [0.717, 1.165) is 30.9 Å². The smallest absolute Gasteiger partial charge is 0.256 e. The fourth-order valence-corrected chi connectivity index (χ4v) is 5.89. The van der Waals surface area contributed by atoms with Crippen LogP contribution in [0.2, 0.25) is 0 Å². The molecule has 3 aromatic rings. The molecule has 2 aromatic carbocycles. The van der Waals surface area contributed by atoms with Crippen molar-refractivity contribution in [3.63, 3.8) is 0 Å². The summed E-state index contributed by atoms with van der Waals surface area (Å²) in [5, 5.41) is 0.123. The first-order chi connectivity index (χ1) is 14.3. The molecule has 0 unspecified atom stereocenters. The van der Waals surface area contributed by atoms with Gasteiger partial charge in [0.1, 0.15) is 5.82 Å². The van der Waals surface area contributed by atoms with Gasteiger partial charge >= 0.3 is 0 Å². The number of carbonyl (C=O) groups excluding carboxylic acids is 1. The van der Waals surface area contributed by atoms with Gasteiger partial charge in [0.2, 0.25) is 9.84 Å². The number of amides is 1. The minimum Gasteiger partial charge on any atom is -0.339 e. The van der Waals surface area contributed by atoms with E-state index >= 15 is 0 Å². The summed E-state index contributed by atoms with van der Waals surface area (Å²) in [6, 6.07) is 8.85. The number of hydrogen-bond donors (Lipinski definition) is 0. The molecule has 0 N–H and O–H groups in total. The average molecular weight is 427 g/mol. The molecular formula is C23H23FN2O3S. The van der Waals surface area contributed by atoms with E-state index in [9.17, 15) is 17.6 Å². The molecule has 1 saturated heterocycles. The van der Waals surface area contributed by atoms with E-state index in [0.29, 0.717) is 24.2 Å². The van der Waals surface area contributed by atoms with Crippen molar-refractivity contribution in [2.45, 2.75) is 42.9 Å². The molecule has 0 aliphatic carbocycles. The van der Waals surface area contributed by atoms with E-state index in [-0.39, 0.29) is 26.6 Å². The van der Waals surface area contributed by atoms with E-state index in [1.807, 2.05) is 6.92 Å². The van der Waals surface area contributed by atoms with E-state index in [2.05, 4.69) is 4.98 Å². The number of hydrogen-bond acceptors (Lipinski definition) is 4. The van der Waals surface area contributed by atoms with Gasteiger partial charge in [0.05, 0.1) is 20.9 Å². The Morgan fingerprint density at radius 3 is 2.47 bits per heavy atom. The van der Waals surface area contributed by atoms with Crippen LogP contribution in [0.3, 0.4) is 0 Å². The number of halogens is 1. The molecule has 1 aliphatic heterocycles. The second-order valence-electron chi connectivity index (χ2n) is 7.79. The number of nitrogens with zero attached hydrogens (tertiary/aromatic N) is 2. The van der Waals surface area contributed by atoms with Crippen LogP contribution in [0.5, 0.6) is 0 Å². The molecule has 0 saturated carbocycles. The molecule has 7 heteroatoms. The molecule has 1 aliphatic rings. The lowest BCUT2D eigenvalue weighted by atomic mass is 10.1. The predicted octanol–water partition coefficient (Wildman–Crippen LogP) is 4.45. The van der Waals surface area contributed by atoms with Crippen molar-refractivity contribution in [2.24, 2.45) is 0 Å². The molecule has 2 heterocycles. The van der Waals surface area contributed by atoms with Crippen molar-refractivity contribution >= 4 is 26.6 Å². The number of fused-ring (bicyclic) bond motifs is 1. The zero-order valence-electron chi connectivity index (χ0n) is 17.0. The number of rotatable bonds is 3. The van der Waals surface area contributed by atoms with Crippen LogP contribution in [-0.4, -0.2) is 37.3 Å². The first-order valence-corrected chi connectivity index (χ1v) is 11.5. The second-order valence-corrected chi connectivity index (χ2v) is 9.64. The number of aryl methyl sites for hydroxylation is 2. The highest BCUT2D eigenvalue weighted by molar-refractivity contribution is 7.91. The Bertz CT molecular complexity index is 1250. The van der Waals surface area contributed by atoms with Gasteiger partial charge in [-0.15, -0.1) is 0 Å². The Labute approximate surface area is 175 Å². The molecule has 0 spiro atoms. The summed E-state index contributed by atoms with van der Waals surface area (Å²) in [6.07, 6.45) is 4.10. The molecule has 0 radical (unpaired) electrons. The van der Waals surface area contributed by atoms with E-state index in [1.54, 1.807) is 30.0 Å². The van der Waals surface area contributed by atoms with Gasteiger partial charge in [-0.2, -0.15) is 0 Å². The molecule has 0 atom stereocenters. The quantitative estimate of drug-likeness (QED) is 0.621. The third-order valence-corrected chi connectivity index (χ3v) is 7.56. The summed E-state index contributed by atoms with van der Waals surface area (Å²) in [5.74, 6) is -0.958. The standard InChI is InChI=1S/C23H23FN2O3S/c1-15-6-9-21(16(2)12-15)30(28,29)22-18-13-17(24)7-8-20(18)25-14-19(22)23(27)26-10-4-3-5-11-26/h6-9,12-14H,3-5,10-11H2,1-2H3. The van der Waals surface area contributed by atoms with Crippen LogP contribution in [-0.2, 0) is 9.84 Å². The Hall–Kier alpha value is -2.80. The number of piperidine rings is 1. The van der Waals surface area contributed by atoms with Gasteiger partial charge in [0.25, 0.3) is 5.91 Å². The van der Waals surface area contributed by atoms with E-state index in [4.69, 9.17) is 0 Å². The highest BCUT2D eigenvalue weighted by atomic mass is 32.2. The van der Waals surface area contributed by atoms with Gasteiger partial charge in [0.15, 0.2) is 0 Å². The van der Waals surface area contributed by atoms with Crippen LogP contribution in [0.25, 0.3) is 10.9 Å². The summed E-state index contributed by atoms with van der Waals surface area (Å²) in [5.41, 5.74) is 1.83. The van der Waals surface area contributed by atoms with Gasteiger partial charge in [-0.3, -0.25) is 9.78 Å². The van der Waals surface area contributed by atoms with Gasteiger partial charge in [-0.1, -0.05) is 17.7 Å². The molecule has 0 bridgehead atoms. The fraction of sp³-hybridized carbons (Fsp3) is 0.304. The lowest BCUT2D eigenvalue weighted by Gasteiger charge is -2.27. The maximum Gasteiger partial charge on any atom is 0.256 e. The number of sulfone groups is 1. The molecule has 1 aromatic heterocycles. The number of carbonyl (C=O) groups is 1. The largest absolute Gasteiger partial charge is 0.339 e. The van der Waals surface area contributed by atoms with Crippen molar-refractivity contribution in [1.82, 2.24) is 9.88 Å². The normalized spacial score (nSPS) is 14.8. The van der Waals surface area contributed by atoms with Gasteiger partial charge < -0.3 is 4.90 Å². The molecule has 30 heavy (non-hydrogen) atoms. The monoisotopic (exact) mass is 426 g/mol. The molecular weight excluding hydrogens is 403 g/mol. The van der Waals surface area contributed by atoms with E-state index < -0.39 is 15.7 Å². The molecule has 4 rings (SSSR count). The van der Waals surface area contributed by atoms with Crippen molar-refractivity contribution in [3.05, 3.63) is 65.1 Å². The van der Waals surface area contributed by atoms with E-state index in [1.165, 1.54) is 18.3 Å². The van der Waals surface area contributed by atoms with Crippen LogP contribution in [0.1, 0.15) is 40.7 Å². The minimum absolute atomic E-state index is 0.00465. The maximum absolute atomic E-state index is 14.1. The van der Waals surface area contributed by atoms with Crippen LogP contribution >= 0.6 is 0 Å². The Morgan fingerprint density at radius 1 is 1.03 bits per heavy atom. The van der Waals surface area contributed by atoms with Crippen molar-refractivity contribution in [1.29, 1.82) is 0 Å². The zero-order valence-corrected chi connectivity index (χ0v) is 17.8. The summed E-state index contributed by atoms with van der Waals surface area (Å²) < 4.78 is 41.7. The lowest BCUT2D eigenvalue weighted by molar-refractivity contribution is 0.0720. The Kier molecular flexibility index (Phi) is 5.32. The second kappa shape index (κ2) is 7.80. The average Bonchev–Trinajstić information content (AvgIpc) is 2.72. The molecule has 1 fully saturated rings. The summed E-state index contributed by atoms with van der Waals surface area (Å²) in [7, 11) is -4.10. The van der Waals surface area contributed by atoms with Crippen molar-refractivity contribution < 1.29 is 17.6 Å². The highest BCUT2D eigenvalue weighted by Gasteiger charge is 2.31. The summed E-state index contributed by atoms with van der Waals surface area (Å²) in [6.45, 7) is 4.74. The first kappa shape index (κ1) is 20.5. The topological polar surface area (TPSA) is 67.3 Å². The number of likely N-dealkylation sites (tertiary alicyclic amines) is 1. The highest BCUT2D eigenvalue weighted by Crippen LogP contribution is 2.33. The first-order valence-electron chi connectivity index (χ1n) is 9.99.